The highest BCUT2D eigenvalue weighted by Crippen LogP contribution is 2.32. The van der Waals surface area contributed by atoms with Gasteiger partial charge in [0.25, 0.3) is 5.91 Å². The van der Waals surface area contributed by atoms with Crippen LogP contribution in [0.4, 0.5) is 5.69 Å². The normalized spacial score (nSPS) is 15.0. The average molecular weight is 319 g/mol. The van der Waals surface area contributed by atoms with E-state index < -0.39 is 0 Å². The monoisotopic (exact) mass is 319 g/mol. The van der Waals surface area contributed by atoms with E-state index in [9.17, 15) is 9.59 Å². The van der Waals surface area contributed by atoms with Crippen molar-refractivity contribution in [3.63, 3.8) is 0 Å². The van der Waals surface area contributed by atoms with E-state index in [-0.39, 0.29) is 17.9 Å². The first-order valence-electron chi connectivity index (χ1n) is 6.40. The van der Waals surface area contributed by atoms with Crippen LogP contribution in [0.5, 0.6) is 0 Å². The fourth-order valence-corrected chi connectivity index (χ4v) is 3.45. The molecule has 1 aromatic carbocycles. The second-order valence-corrected chi connectivity index (χ2v) is 6.56. The second-order valence-electron chi connectivity index (χ2n) is 4.61. The highest BCUT2D eigenvalue weighted by atomic mass is 32.2. The molecule has 0 fully saturated rings. The summed E-state index contributed by atoms with van der Waals surface area (Å²) in [6, 6.07) is 5.20. The van der Waals surface area contributed by atoms with Gasteiger partial charge in [0.15, 0.2) is 0 Å². The van der Waals surface area contributed by atoms with Crippen molar-refractivity contribution in [3.05, 3.63) is 40.3 Å². The summed E-state index contributed by atoms with van der Waals surface area (Å²) >= 11 is 2.98. The van der Waals surface area contributed by atoms with Crippen LogP contribution in [0.3, 0.4) is 0 Å². The van der Waals surface area contributed by atoms with Crippen LogP contribution in [0, 0.1) is 0 Å². The number of benzene rings is 1. The van der Waals surface area contributed by atoms with Crippen molar-refractivity contribution in [2.75, 3.05) is 11.1 Å². The number of thiazole rings is 1. The minimum absolute atomic E-state index is 0.0405. The third-order valence-electron chi connectivity index (χ3n) is 3.04. The maximum Gasteiger partial charge on any atom is 0.251 e. The molecule has 7 heteroatoms. The lowest BCUT2D eigenvalue weighted by Gasteiger charge is -2.17. The Labute approximate surface area is 130 Å². The molecule has 0 spiro atoms. The van der Waals surface area contributed by atoms with Crippen LogP contribution in [0.2, 0.25) is 0 Å². The van der Waals surface area contributed by atoms with Crippen LogP contribution in [0.1, 0.15) is 28.3 Å². The van der Waals surface area contributed by atoms with Crippen molar-refractivity contribution in [1.29, 1.82) is 0 Å². The Morgan fingerprint density at radius 3 is 3.10 bits per heavy atom. The smallest absolute Gasteiger partial charge is 0.251 e. The third-order valence-corrected chi connectivity index (χ3v) is 5.08. The molecule has 1 aliphatic heterocycles. The largest absolute Gasteiger partial charge is 0.343 e. The zero-order valence-electron chi connectivity index (χ0n) is 11.3. The summed E-state index contributed by atoms with van der Waals surface area (Å²) in [4.78, 5) is 28.8. The molecule has 5 nitrogen and oxygen atoms in total. The van der Waals surface area contributed by atoms with E-state index in [1.165, 1.54) is 23.1 Å². The maximum atomic E-state index is 12.3. The van der Waals surface area contributed by atoms with E-state index in [1.54, 1.807) is 18.3 Å². The number of rotatable bonds is 3. The van der Waals surface area contributed by atoms with Gasteiger partial charge in [0, 0.05) is 22.0 Å². The van der Waals surface area contributed by atoms with Gasteiger partial charge in [0.2, 0.25) is 5.91 Å². The molecule has 3 rings (SSSR count). The second kappa shape index (κ2) is 5.87. The van der Waals surface area contributed by atoms with Crippen LogP contribution >= 0.6 is 23.1 Å². The van der Waals surface area contributed by atoms with E-state index in [0.29, 0.717) is 17.0 Å². The third kappa shape index (κ3) is 3.08. The van der Waals surface area contributed by atoms with Crippen LogP contribution in [-0.2, 0) is 4.79 Å². The fourth-order valence-electron chi connectivity index (χ4n) is 2.01. The Bertz CT molecular complexity index is 686. The number of nitrogens with zero attached hydrogens (tertiary/aromatic N) is 1. The number of hydrogen-bond donors (Lipinski definition) is 2. The molecule has 1 aliphatic rings. The standard InChI is InChI=1S/C14H13N3O2S2/c1-8(14-15-4-5-20-14)16-13(19)9-2-3-11-10(6-9)17-12(18)7-21-11/h2-6,8H,7H2,1H3,(H,16,19)(H,17,18)/t8-/m0/s1. The van der Waals surface area contributed by atoms with Gasteiger partial charge in [0.1, 0.15) is 5.01 Å². The Balaban J connectivity index is 1.76. The first kappa shape index (κ1) is 14.1. The van der Waals surface area contributed by atoms with E-state index in [0.717, 1.165) is 9.90 Å². The van der Waals surface area contributed by atoms with Gasteiger partial charge < -0.3 is 10.6 Å². The molecule has 21 heavy (non-hydrogen) atoms. The molecular weight excluding hydrogens is 306 g/mol. The minimum atomic E-state index is -0.176. The van der Waals surface area contributed by atoms with Gasteiger partial charge in [-0.05, 0) is 25.1 Å². The molecule has 0 unspecified atom stereocenters. The SMILES string of the molecule is C[C@H](NC(=O)c1ccc2c(c1)NC(=O)CS2)c1nccs1. The van der Waals surface area contributed by atoms with E-state index in [2.05, 4.69) is 15.6 Å². The van der Waals surface area contributed by atoms with Crippen molar-refractivity contribution < 1.29 is 9.59 Å². The summed E-state index contributed by atoms with van der Waals surface area (Å²) in [6.07, 6.45) is 1.72. The van der Waals surface area contributed by atoms with Crippen LogP contribution in [0.15, 0.2) is 34.7 Å². The van der Waals surface area contributed by atoms with Crippen LogP contribution in [-0.4, -0.2) is 22.6 Å². The van der Waals surface area contributed by atoms with E-state index in [4.69, 9.17) is 0 Å². The van der Waals surface area contributed by atoms with Gasteiger partial charge in [-0.2, -0.15) is 0 Å². The highest BCUT2D eigenvalue weighted by molar-refractivity contribution is 8.00. The van der Waals surface area contributed by atoms with Crippen molar-refractivity contribution in [3.8, 4) is 0 Å². The molecule has 0 aliphatic carbocycles. The fraction of sp³-hybridized carbons (Fsp3) is 0.214. The number of carbonyl (C=O) groups is 2. The Kier molecular flexibility index (Phi) is 3.94. The number of amides is 2. The summed E-state index contributed by atoms with van der Waals surface area (Å²) in [5, 5.41) is 8.44. The number of fused-ring (bicyclic) bond motifs is 1. The molecule has 0 bridgehead atoms. The molecule has 0 saturated heterocycles. The van der Waals surface area contributed by atoms with Crippen molar-refractivity contribution >= 4 is 40.6 Å². The average Bonchev–Trinajstić information content (AvgIpc) is 3.00. The molecule has 2 heterocycles. The van der Waals surface area contributed by atoms with Gasteiger partial charge in [-0.15, -0.1) is 23.1 Å². The van der Waals surface area contributed by atoms with Gasteiger partial charge >= 0.3 is 0 Å². The zero-order chi connectivity index (χ0) is 14.8. The van der Waals surface area contributed by atoms with Crippen molar-refractivity contribution in [1.82, 2.24) is 10.3 Å². The van der Waals surface area contributed by atoms with Gasteiger partial charge in [-0.3, -0.25) is 9.59 Å². The highest BCUT2D eigenvalue weighted by Gasteiger charge is 2.18. The molecule has 0 radical (unpaired) electrons. The number of carbonyl (C=O) groups excluding carboxylic acids is 2. The molecule has 2 N–H and O–H groups in total. The lowest BCUT2D eigenvalue weighted by atomic mass is 10.1. The molecule has 2 aromatic rings. The van der Waals surface area contributed by atoms with Crippen LogP contribution < -0.4 is 10.6 Å². The van der Waals surface area contributed by atoms with Crippen LogP contribution in [0.25, 0.3) is 0 Å². The summed E-state index contributed by atoms with van der Waals surface area (Å²) in [5.41, 5.74) is 1.23. The number of hydrogen-bond acceptors (Lipinski definition) is 5. The lowest BCUT2D eigenvalue weighted by molar-refractivity contribution is -0.113. The summed E-state index contributed by atoms with van der Waals surface area (Å²) < 4.78 is 0. The topological polar surface area (TPSA) is 71.1 Å². The molecule has 1 aromatic heterocycles. The van der Waals surface area contributed by atoms with Gasteiger partial charge in [-0.25, -0.2) is 4.98 Å². The Morgan fingerprint density at radius 2 is 2.33 bits per heavy atom. The summed E-state index contributed by atoms with van der Waals surface area (Å²) in [5.74, 6) is 0.200. The zero-order valence-corrected chi connectivity index (χ0v) is 12.9. The number of anilines is 1. The molecular formula is C14H13N3O2S2. The maximum absolute atomic E-state index is 12.3. The minimum Gasteiger partial charge on any atom is -0.343 e. The molecule has 2 amide bonds. The number of aromatic nitrogens is 1. The quantitative estimate of drug-likeness (QED) is 0.912. The predicted molar refractivity (Wildman–Crippen MR) is 83.8 cm³/mol. The number of thioether (sulfide) groups is 1. The number of nitrogens with one attached hydrogen (secondary N) is 2. The first-order valence-corrected chi connectivity index (χ1v) is 8.27. The predicted octanol–water partition coefficient (Wildman–Crippen LogP) is 2.68. The van der Waals surface area contributed by atoms with E-state index >= 15 is 0 Å². The summed E-state index contributed by atoms with van der Waals surface area (Å²) in [7, 11) is 0. The Hall–Kier alpha value is -1.86. The van der Waals surface area contributed by atoms with Gasteiger partial charge in [-0.1, -0.05) is 0 Å². The summed E-state index contributed by atoms with van der Waals surface area (Å²) in [6.45, 7) is 1.90. The lowest BCUT2D eigenvalue weighted by Crippen LogP contribution is -2.27. The first-order chi connectivity index (χ1) is 10.1. The van der Waals surface area contributed by atoms with Gasteiger partial charge in [0.05, 0.1) is 17.5 Å². The molecule has 0 saturated carbocycles. The Morgan fingerprint density at radius 1 is 1.48 bits per heavy atom. The molecule has 108 valence electrons. The van der Waals surface area contributed by atoms with Crippen molar-refractivity contribution in [2.24, 2.45) is 0 Å². The van der Waals surface area contributed by atoms with Crippen molar-refractivity contribution in [2.45, 2.75) is 17.9 Å². The van der Waals surface area contributed by atoms with E-state index in [1.807, 2.05) is 18.4 Å². The molecule has 1 atom stereocenters.